The van der Waals surface area contributed by atoms with Gasteiger partial charge in [0, 0.05) is 37.5 Å². The molecule has 0 aliphatic heterocycles. The van der Waals surface area contributed by atoms with Gasteiger partial charge in [0.1, 0.15) is 23.4 Å². The van der Waals surface area contributed by atoms with E-state index in [0.29, 0.717) is 23.8 Å². The first-order chi connectivity index (χ1) is 17.0. The number of hydrogen-bond acceptors (Lipinski definition) is 5. The Balaban J connectivity index is 1.85. The zero-order valence-electron chi connectivity index (χ0n) is 21.1. The lowest BCUT2D eigenvalue weighted by Gasteiger charge is -2.35. The third-order valence-electron chi connectivity index (χ3n) is 7.44. The molecule has 4 unspecified atom stereocenters. The van der Waals surface area contributed by atoms with E-state index in [1.54, 1.807) is 4.90 Å². The molecule has 0 saturated heterocycles. The average Bonchev–Trinajstić information content (AvgIpc) is 3.44. The van der Waals surface area contributed by atoms with Gasteiger partial charge in [0.2, 0.25) is 11.8 Å². The number of hydrogen-bond donors (Lipinski definition) is 2. The fourth-order valence-electron chi connectivity index (χ4n) is 4.93. The highest BCUT2D eigenvalue weighted by Gasteiger charge is 2.49. The van der Waals surface area contributed by atoms with Gasteiger partial charge in [-0.25, -0.2) is 8.78 Å². The quantitative estimate of drug-likeness (QED) is 0.361. The minimum Gasteiger partial charge on any atom is -0.503 e. The van der Waals surface area contributed by atoms with Crippen LogP contribution in [0.4, 0.5) is 8.78 Å². The number of benzene rings is 1. The summed E-state index contributed by atoms with van der Waals surface area (Å²) < 4.78 is 34.2. The molecule has 1 aliphatic rings. The molecule has 2 aromatic rings. The molecule has 0 spiro atoms. The summed E-state index contributed by atoms with van der Waals surface area (Å²) in [5.41, 5.74) is -0.995. The number of rotatable bonds is 11. The van der Waals surface area contributed by atoms with Gasteiger partial charge in [-0.1, -0.05) is 26.8 Å². The Kier molecular flexibility index (Phi) is 8.50. The van der Waals surface area contributed by atoms with Crippen molar-refractivity contribution in [3.05, 3.63) is 63.1 Å². The second-order valence-corrected chi connectivity index (χ2v) is 9.39. The Morgan fingerprint density at radius 1 is 1.31 bits per heavy atom. The van der Waals surface area contributed by atoms with Crippen LogP contribution in [0.2, 0.25) is 0 Å². The molecule has 2 amide bonds. The van der Waals surface area contributed by atoms with Crippen LogP contribution in [-0.4, -0.2) is 46.3 Å². The first-order valence-corrected chi connectivity index (χ1v) is 12.0. The van der Waals surface area contributed by atoms with Crippen molar-refractivity contribution in [2.24, 2.45) is 17.8 Å². The summed E-state index contributed by atoms with van der Waals surface area (Å²) in [6.45, 7) is 7.61. The maximum Gasteiger partial charge on any atom is 0.257 e. The number of pyridine rings is 1. The van der Waals surface area contributed by atoms with Crippen molar-refractivity contribution in [2.45, 2.75) is 59.5 Å². The lowest BCUT2D eigenvalue weighted by molar-refractivity contribution is -0.137. The summed E-state index contributed by atoms with van der Waals surface area (Å²) in [6, 6.07) is 2.91. The smallest absolute Gasteiger partial charge is 0.257 e. The van der Waals surface area contributed by atoms with E-state index in [2.05, 4.69) is 19.2 Å². The molecule has 1 fully saturated rings. The number of methoxy groups -OCH3 is 1. The molecule has 0 radical (unpaired) electrons. The molecule has 0 bridgehead atoms. The van der Waals surface area contributed by atoms with E-state index in [4.69, 9.17) is 4.74 Å². The lowest BCUT2D eigenvalue weighted by atomic mass is 10.1. The van der Waals surface area contributed by atoms with Crippen LogP contribution >= 0.6 is 0 Å². The standard InChI is InChI=1S/C26H33F2N3O5/c1-6-21(23-14(2)15(23)3)31(13-32)22(36-5)12-30-11-19(25(34)24(33)16(30)4)26(35)29-10-17-7-8-18(27)9-20(17)28/h7-9,11,13-15,21-23,33H,6,10,12H2,1-5H3,(H,29,35)/t14-,15?,21?,22?,23?/m0/s1. The van der Waals surface area contributed by atoms with E-state index < -0.39 is 34.9 Å². The van der Waals surface area contributed by atoms with Gasteiger partial charge in [0.25, 0.3) is 5.91 Å². The van der Waals surface area contributed by atoms with Crippen LogP contribution < -0.4 is 10.7 Å². The van der Waals surface area contributed by atoms with Crippen molar-refractivity contribution in [3.63, 3.8) is 0 Å². The van der Waals surface area contributed by atoms with Crippen molar-refractivity contribution in [1.29, 1.82) is 0 Å². The average molecular weight is 506 g/mol. The predicted molar refractivity (Wildman–Crippen MR) is 129 cm³/mol. The van der Waals surface area contributed by atoms with Gasteiger partial charge in [-0.15, -0.1) is 0 Å². The molecule has 1 aromatic heterocycles. The molecule has 10 heteroatoms. The van der Waals surface area contributed by atoms with E-state index >= 15 is 0 Å². The van der Waals surface area contributed by atoms with Crippen LogP contribution in [-0.2, 0) is 22.6 Å². The van der Waals surface area contributed by atoms with E-state index in [1.165, 1.54) is 30.9 Å². The SMILES string of the molecule is CCC(C1C(C)[C@@H]1C)N(C=O)C(Cn1cc(C(=O)NCc2ccc(F)cc2F)c(=O)c(O)c1C)OC. The van der Waals surface area contributed by atoms with Crippen molar-refractivity contribution in [3.8, 4) is 5.75 Å². The largest absolute Gasteiger partial charge is 0.503 e. The fraction of sp³-hybridized carbons (Fsp3) is 0.500. The number of carbonyl (C=O) groups excluding carboxylic acids is 2. The summed E-state index contributed by atoms with van der Waals surface area (Å²) in [7, 11) is 1.47. The third-order valence-corrected chi connectivity index (χ3v) is 7.44. The van der Waals surface area contributed by atoms with Gasteiger partial charge in [-0.2, -0.15) is 0 Å². The van der Waals surface area contributed by atoms with Crippen LogP contribution in [0.5, 0.6) is 5.75 Å². The fourth-order valence-corrected chi connectivity index (χ4v) is 4.93. The van der Waals surface area contributed by atoms with Crippen molar-refractivity contribution >= 4 is 12.3 Å². The van der Waals surface area contributed by atoms with Crippen molar-refractivity contribution < 1.29 is 28.2 Å². The number of amides is 2. The molecule has 2 N–H and O–H groups in total. The van der Waals surface area contributed by atoms with Crippen LogP contribution in [0.15, 0.2) is 29.2 Å². The summed E-state index contributed by atoms with van der Waals surface area (Å²) >= 11 is 0. The van der Waals surface area contributed by atoms with Crippen LogP contribution in [0.1, 0.15) is 48.8 Å². The van der Waals surface area contributed by atoms with Gasteiger partial charge in [-0.3, -0.25) is 14.4 Å². The van der Waals surface area contributed by atoms with E-state index in [9.17, 15) is 28.3 Å². The summed E-state index contributed by atoms with van der Waals surface area (Å²) in [5.74, 6) is -1.72. The second kappa shape index (κ2) is 11.2. The Hall–Kier alpha value is -3.27. The minimum atomic E-state index is -0.880. The maximum atomic E-state index is 13.9. The molecular weight excluding hydrogens is 472 g/mol. The predicted octanol–water partition coefficient (Wildman–Crippen LogP) is 3.18. The Bertz CT molecular complexity index is 1180. The van der Waals surface area contributed by atoms with Crippen LogP contribution in [0.3, 0.4) is 0 Å². The number of nitrogens with one attached hydrogen (secondary N) is 1. The Morgan fingerprint density at radius 2 is 1.97 bits per heavy atom. The summed E-state index contributed by atoms with van der Waals surface area (Å²) in [6.07, 6.45) is 2.06. The van der Waals surface area contributed by atoms with Crippen molar-refractivity contribution in [1.82, 2.24) is 14.8 Å². The molecule has 36 heavy (non-hydrogen) atoms. The first-order valence-electron chi connectivity index (χ1n) is 12.0. The Morgan fingerprint density at radius 3 is 2.50 bits per heavy atom. The normalized spacial score (nSPS) is 20.5. The number of aromatic hydroxyl groups is 1. The molecule has 5 atom stereocenters. The molecule has 1 heterocycles. The topological polar surface area (TPSA) is 101 Å². The zero-order valence-corrected chi connectivity index (χ0v) is 21.1. The second-order valence-electron chi connectivity index (χ2n) is 9.39. The van der Waals surface area contributed by atoms with Crippen LogP contribution in [0, 0.1) is 36.3 Å². The van der Waals surface area contributed by atoms with Crippen LogP contribution in [0.25, 0.3) is 0 Å². The number of nitrogens with zero attached hydrogens (tertiary/aromatic N) is 2. The van der Waals surface area contributed by atoms with E-state index in [-0.39, 0.29) is 36.0 Å². The van der Waals surface area contributed by atoms with Crippen molar-refractivity contribution in [2.75, 3.05) is 7.11 Å². The molecular formula is C26H33F2N3O5. The lowest BCUT2D eigenvalue weighted by Crippen LogP contribution is -2.47. The maximum absolute atomic E-state index is 13.9. The monoisotopic (exact) mass is 505 g/mol. The van der Waals surface area contributed by atoms with Gasteiger partial charge in [0.15, 0.2) is 5.75 Å². The summed E-state index contributed by atoms with van der Waals surface area (Å²) in [5, 5.41) is 12.9. The molecule has 8 nitrogen and oxygen atoms in total. The molecule has 1 saturated carbocycles. The number of ether oxygens (including phenoxy) is 1. The van der Waals surface area contributed by atoms with E-state index in [0.717, 1.165) is 18.9 Å². The highest BCUT2D eigenvalue weighted by Crippen LogP contribution is 2.50. The van der Waals surface area contributed by atoms with Gasteiger partial charge < -0.3 is 24.6 Å². The highest BCUT2D eigenvalue weighted by atomic mass is 19.1. The zero-order chi connectivity index (χ0) is 26.7. The van der Waals surface area contributed by atoms with E-state index in [1.807, 2.05) is 6.92 Å². The molecule has 196 valence electrons. The number of halogens is 2. The molecule has 1 aromatic carbocycles. The molecule has 3 rings (SSSR count). The van der Waals surface area contributed by atoms with Gasteiger partial charge in [0.05, 0.1) is 12.2 Å². The van der Waals surface area contributed by atoms with Gasteiger partial charge >= 0.3 is 0 Å². The Labute approximate surface area is 208 Å². The number of aromatic nitrogens is 1. The summed E-state index contributed by atoms with van der Waals surface area (Å²) in [4.78, 5) is 39.1. The van der Waals surface area contributed by atoms with Gasteiger partial charge in [-0.05, 0) is 37.2 Å². The molecule has 1 aliphatic carbocycles. The number of carbonyl (C=O) groups is 2. The first kappa shape index (κ1) is 27.3. The minimum absolute atomic E-state index is 0.0385. The highest BCUT2D eigenvalue weighted by molar-refractivity contribution is 5.94. The third kappa shape index (κ3) is 5.43.